The lowest BCUT2D eigenvalue weighted by atomic mass is 10.2. The van der Waals surface area contributed by atoms with Crippen molar-refractivity contribution in [2.45, 2.75) is 6.92 Å². The number of benzene rings is 1. The van der Waals surface area contributed by atoms with Gasteiger partial charge < -0.3 is 20.9 Å². The number of nitrogens with one attached hydrogen (secondary N) is 1. The minimum absolute atomic E-state index is 0.576. The summed E-state index contributed by atoms with van der Waals surface area (Å²) in [7, 11) is 0. The van der Waals surface area contributed by atoms with Crippen molar-refractivity contribution in [1.29, 1.82) is 0 Å². The molecule has 0 bridgehead atoms. The Morgan fingerprint density at radius 2 is 1.63 bits per heavy atom. The van der Waals surface area contributed by atoms with Crippen molar-refractivity contribution in [3.63, 3.8) is 0 Å². The molecule has 0 radical (unpaired) electrons. The molecule has 3 N–H and O–H groups in total. The zero-order chi connectivity index (χ0) is 18.6. The molecule has 1 fully saturated rings. The molecule has 0 unspecified atom stereocenters. The van der Waals surface area contributed by atoms with Crippen molar-refractivity contribution < 1.29 is 0 Å². The molecule has 0 spiro atoms. The van der Waals surface area contributed by atoms with Crippen LogP contribution in [-0.2, 0) is 0 Å². The summed E-state index contributed by atoms with van der Waals surface area (Å²) in [5.41, 5.74) is 9.11. The number of para-hydroxylation sites is 1. The SMILES string of the molecule is Cc1ccccc1Nc1ncnc(N2CCN(c3ccccn3)CC2)c1N. The van der Waals surface area contributed by atoms with Gasteiger partial charge in [-0.2, -0.15) is 0 Å². The zero-order valence-corrected chi connectivity index (χ0v) is 15.3. The number of hydrogen-bond acceptors (Lipinski definition) is 7. The van der Waals surface area contributed by atoms with E-state index in [0.717, 1.165) is 49.1 Å². The van der Waals surface area contributed by atoms with Gasteiger partial charge in [0.2, 0.25) is 0 Å². The fourth-order valence-corrected chi connectivity index (χ4v) is 3.27. The van der Waals surface area contributed by atoms with E-state index in [9.17, 15) is 0 Å². The fraction of sp³-hybridized carbons (Fsp3) is 0.250. The van der Waals surface area contributed by atoms with Gasteiger partial charge in [0, 0.05) is 38.1 Å². The van der Waals surface area contributed by atoms with Crippen LogP contribution in [0.4, 0.5) is 28.8 Å². The van der Waals surface area contributed by atoms with E-state index in [1.165, 1.54) is 0 Å². The lowest BCUT2D eigenvalue weighted by Gasteiger charge is -2.36. The van der Waals surface area contributed by atoms with Crippen molar-refractivity contribution in [1.82, 2.24) is 15.0 Å². The smallest absolute Gasteiger partial charge is 0.159 e. The van der Waals surface area contributed by atoms with Crippen molar-refractivity contribution >= 4 is 28.8 Å². The summed E-state index contributed by atoms with van der Waals surface area (Å²) < 4.78 is 0. The van der Waals surface area contributed by atoms with E-state index >= 15 is 0 Å². The number of anilines is 5. The van der Waals surface area contributed by atoms with Gasteiger partial charge in [-0.3, -0.25) is 0 Å². The first-order chi connectivity index (χ1) is 13.2. The Morgan fingerprint density at radius 1 is 0.889 bits per heavy atom. The summed E-state index contributed by atoms with van der Waals surface area (Å²) in [4.78, 5) is 17.7. The number of hydrogen-bond donors (Lipinski definition) is 2. The molecule has 7 heteroatoms. The largest absolute Gasteiger partial charge is 0.393 e. The van der Waals surface area contributed by atoms with E-state index in [1.54, 1.807) is 6.33 Å². The highest BCUT2D eigenvalue weighted by Gasteiger charge is 2.22. The number of aryl methyl sites for hydroxylation is 1. The summed E-state index contributed by atoms with van der Waals surface area (Å²) in [5, 5.41) is 3.33. The molecular formula is C20H23N7. The van der Waals surface area contributed by atoms with Gasteiger partial charge in [0.15, 0.2) is 11.6 Å². The third-order valence-electron chi connectivity index (χ3n) is 4.81. The van der Waals surface area contributed by atoms with Crippen LogP contribution in [0.5, 0.6) is 0 Å². The zero-order valence-electron chi connectivity index (χ0n) is 15.3. The second kappa shape index (κ2) is 7.49. The van der Waals surface area contributed by atoms with Crippen molar-refractivity contribution in [3.8, 4) is 0 Å². The van der Waals surface area contributed by atoms with Gasteiger partial charge in [-0.15, -0.1) is 0 Å². The van der Waals surface area contributed by atoms with Gasteiger partial charge in [-0.05, 0) is 30.7 Å². The van der Waals surface area contributed by atoms with Crippen LogP contribution in [-0.4, -0.2) is 41.1 Å². The molecule has 0 atom stereocenters. The first kappa shape index (κ1) is 17.1. The Morgan fingerprint density at radius 3 is 2.37 bits per heavy atom. The summed E-state index contributed by atoms with van der Waals surface area (Å²) in [6.07, 6.45) is 3.39. The number of nitrogens with zero attached hydrogens (tertiary/aromatic N) is 5. The maximum absolute atomic E-state index is 6.40. The Balaban J connectivity index is 1.49. The summed E-state index contributed by atoms with van der Waals surface area (Å²) >= 11 is 0. The Labute approximate surface area is 158 Å². The highest BCUT2D eigenvalue weighted by molar-refractivity contribution is 5.79. The number of rotatable bonds is 4. The third kappa shape index (κ3) is 3.62. The van der Waals surface area contributed by atoms with Gasteiger partial charge >= 0.3 is 0 Å². The molecule has 1 aliphatic rings. The van der Waals surface area contributed by atoms with Crippen LogP contribution in [0, 0.1) is 6.92 Å². The van der Waals surface area contributed by atoms with E-state index in [2.05, 4.69) is 43.1 Å². The lowest BCUT2D eigenvalue weighted by Crippen LogP contribution is -2.47. The quantitative estimate of drug-likeness (QED) is 0.739. The maximum atomic E-state index is 6.40. The molecule has 1 saturated heterocycles. The summed E-state index contributed by atoms with van der Waals surface area (Å²) in [6.45, 7) is 5.47. The summed E-state index contributed by atoms with van der Waals surface area (Å²) in [5.74, 6) is 2.43. The van der Waals surface area contributed by atoms with E-state index < -0.39 is 0 Å². The normalized spacial score (nSPS) is 14.3. The predicted molar refractivity (Wildman–Crippen MR) is 110 cm³/mol. The van der Waals surface area contributed by atoms with Crippen molar-refractivity contribution in [2.75, 3.05) is 47.0 Å². The molecule has 7 nitrogen and oxygen atoms in total. The summed E-state index contributed by atoms with van der Waals surface area (Å²) in [6, 6.07) is 14.1. The standard InChI is InChI=1S/C20H23N7/c1-15-6-2-3-7-16(15)25-19-18(21)20(24-14-23-19)27-12-10-26(11-13-27)17-8-4-5-9-22-17/h2-9,14H,10-13,21H2,1H3,(H,23,24,25). The van der Waals surface area contributed by atoms with Gasteiger partial charge in [-0.1, -0.05) is 24.3 Å². The molecule has 0 aliphatic carbocycles. The van der Waals surface area contributed by atoms with E-state index in [1.807, 2.05) is 42.6 Å². The molecule has 1 aliphatic heterocycles. The van der Waals surface area contributed by atoms with Crippen LogP contribution >= 0.6 is 0 Å². The monoisotopic (exact) mass is 361 g/mol. The van der Waals surface area contributed by atoms with Crippen LogP contribution in [0.3, 0.4) is 0 Å². The van der Waals surface area contributed by atoms with Gasteiger partial charge in [0.05, 0.1) is 0 Å². The van der Waals surface area contributed by atoms with Crippen LogP contribution in [0.15, 0.2) is 55.0 Å². The second-order valence-electron chi connectivity index (χ2n) is 6.56. The van der Waals surface area contributed by atoms with E-state index in [4.69, 9.17) is 5.73 Å². The third-order valence-corrected chi connectivity index (χ3v) is 4.81. The topological polar surface area (TPSA) is 83.2 Å². The van der Waals surface area contributed by atoms with Crippen LogP contribution in [0.25, 0.3) is 0 Å². The Hall–Kier alpha value is -3.35. The number of nitrogen functional groups attached to an aromatic ring is 1. The first-order valence-corrected chi connectivity index (χ1v) is 9.06. The number of aromatic nitrogens is 3. The van der Waals surface area contributed by atoms with Crippen molar-refractivity contribution in [2.24, 2.45) is 0 Å². The molecule has 3 heterocycles. The van der Waals surface area contributed by atoms with Gasteiger partial charge in [0.1, 0.15) is 17.8 Å². The number of pyridine rings is 1. The molecule has 1 aromatic carbocycles. The molecule has 2 aromatic heterocycles. The average Bonchev–Trinajstić information content (AvgIpc) is 2.72. The van der Waals surface area contributed by atoms with Crippen LogP contribution in [0.1, 0.15) is 5.56 Å². The Bertz CT molecular complexity index is 905. The number of piperazine rings is 1. The minimum atomic E-state index is 0.576. The predicted octanol–water partition coefficient (Wildman–Crippen LogP) is 2.83. The molecule has 0 saturated carbocycles. The number of nitrogens with two attached hydrogens (primary N) is 1. The van der Waals surface area contributed by atoms with E-state index in [0.29, 0.717) is 11.5 Å². The highest BCUT2D eigenvalue weighted by Crippen LogP contribution is 2.30. The van der Waals surface area contributed by atoms with E-state index in [-0.39, 0.29) is 0 Å². The maximum Gasteiger partial charge on any atom is 0.159 e. The molecule has 3 aromatic rings. The van der Waals surface area contributed by atoms with Gasteiger partial charge in [-0.25, -0.2) is 15.0 Å². The first-order valence-electron chi connectivity index (χ1n) is 9.06. The van der Waals surface area contributed by atoms with Crippen LogP contribution < -0.4 is 20.9 Å². The van der Waals surface area contributed by atoms with Gasteiger partial charge in [0.25, 0.3) is 0 Å². The molecule has 27 heavy (non-hydrogen) atoms. The highest BCUT2D eigenvalue weighted by atomic mass is 15.3. The molecule has 0 amide bonds. The Kier molecular flexibility index (Phi) is 4.74. The average molecular weight is 361 g/mol. The molecule has 138 valence electrons. The minimum Gasteiger partial charge on any atom is -0.393 e. The second-order valence-corrected chi connectivity index (χ2v) is 6.56. The van der Waals surface area contributed by atoms with Crippen molar-refractivity contribution in [3.05, 3.63) is 60.6 Å². The molecular weight excluding hydrogens is 338 g/mol. The fourth-order valence-electron chi connectivity index (χ4n) is 3.27. The lowest BCUT2D eigenvalue weighted by molar-refractivity contribution is 0.642. The molecule has 4 rings (SSSR count). The van der Waals surface area contributed by atoms with Crippen LogP contribution in [0.2, 0.25) is 0 Å².